The van der Waals surface area contributed by atoms with Crippen LogP contribution >= 0.6 is 0 Å². The molecule has 0 saturated carbocycles. The minimum absolute atomic E-state index is 0.0237. The third-order valence-corrected chi connectivity index (χ3v) is 1.78. The van der Waals surface area contributed by atoms with E-state index in [1.807, 2.05) is 0 Å². The molecule has 0 N–H and O–H groups in total. The average Bonchev–Trinajstić information content (AvgIpc) is 2.18. The second kappa shape index (κ2) is 7.17. The number of hydrogen-bond donors (Lipinski definition) is 0. The van der Waals surface area contributed by atoms with E-state index in [2.05, 4.69) is 6.58 Å². The molecule has 6 heteroatoms. The van der Waals surface area contributed by atoms with Gasteiger partial charge in [0.1, 0.15) is 17.8 Å². The second-order valence-electron chi connectivity index (χ2n) is 6.15. The van der Waals surface area contributed by atoms with Crippen LogP contribution in [0.3, 0.4) is 0 Å². The predicted molar refractivity (Wildman–Crippen MR) is 75.3 cm³/mol. The van der Waals surface area contributed by atoms with Crippen molar-refractivity contribution < 1.29 is 23.8 Å². The SMILES string of the molecule is C=COCCN(C(=O)OC(C)(C)C)C(=O)OC(C)(C)C. The second-order valence-corrected chi connectivity index (χ2v) is 6.15. The van der Waals surface area contributed by atoms with Crippen LogP contribution < -0.4 is 0 Å². The Bertz CT molecular complexity index is 324. The summed E-state index contributed by atoms with van der Waals surface area (Å²) in [5, 5.41) is 0. The van der Waals surface area contributed by atoms with Gasteiger partial charge in [0.05, 0.1) is 12.8 Å². The standard InChI is InChI=1S/C14H25NO5/c1-8-18-10-9-15(11(16)19-13(2,3)4)12(17)20-14(5,6)7/h8H,1,9-10H2,2-7H3. The number of imide groups is 1. The van der Waals surface area contributed by atoms with Gasteiger partial charge < -0.3 is 14.2 Å². The largest absolute Gasteiger partial charge is 0.500 e. The quantitative estimate of drug-likeness (QED) is 0.586. The van der Waals surface area contributed by atoms with Crippen molar-refractivity contribution in [3.63, 3.8) is 0 Å². The Hall–Kier alpha value is -1.72. The van der Waals surface area contributed by atoms with E-state index in [0.29, 0.717) is 0 Å². The first kappa shape index (κ1) is 18.3. The lowest BCUT2D eigenvalue weighted by Crippen LogP contribution is -2.44. The molecule has 0 unspecified atom stereocenters. The number of carbonyl (C=O) groups is 2. The van der Waals surface area contributed by atoms with Crippen molar-refractivity contribution in [1.29, 1.82) is 0 Å². The topological polar surface area (TPSA) is 65.1 Å². The molecule has 0 atom stereocenters. The van der Waals surface area contributed by atoms with E-state index in [1.54, 1.807) is 41.5 Å². The highest BCUT2D eigenvalue weighted by Gasteiger charge is 2.30. The molecule has 0 fully saturated rings. The number of nitrogens with zero attached hydrogens (tertiary/aromatic N) is 1. The summed E-state index contributed by atoms with van der Waals surface area (Å²) >= 11 is 0. The molecule has 0 aromatic rings. The molecule has 6 nitrogen and oxygen atoms in total. The third-order valence-electron chi connectivity index (χ3n) is 1.78. The average molecular weight is 287 g/mol. The van der Waals surface area contributed by atoms with Crippen LogP contribution in [-0.2, 0) is 14.2 Å². The molecule has 0 aliphatic rings. The van der Waals surface area contributed by atoms with Crippen LogP contribution in [0.4, 0.5) is 9.59 Å². The Morgan fingerprint density at radius 2 is 1.40 bits per heavy atom. The van der Waals surface area contributed by atoms with Gasteiger partial charge >= 0.3 is 12.2 Å². The van der Waals surface area contributed by atoms with Crippen molar-refractivity contribution in [1.82, 2.24) is 4.90 Å². The Morgan fingerprint density at radius 3 is 1.70 bits per heavy atom. The lowest BCUT2D eigenvalue weighted by atomic mass is 10.2. The molecule has 0 heterocycles. The summed E-state index contributed by atoms with van der Waals surface area (Å²) in [5.41, 5.74) is -1.40. The van der Waals surface area contributed by atoms with Gasteiger partial charge in [-0.05, 0) is 41.5 Å². The van der Waals surface area contributed by atoms with Crippen LogP contribution in [0, 0.1) is 0 Å². The molecule has 0 radical (unpaired) electrons. The molecule has 0 aromatic heterocycles. The van der Waals surface area contributed by atoms with Crippen molar-refractivity contribution in [3.8, 4) is 0 Å². The molecular weight excluding hydrogens is 262 g/mol. The summed E-state index contributed by atoms with van der Waals surface area (Å²) in [6, 6.07) is 0. The van der Waals surface area contributed by atoms with E-state index >= 15 is 0 Å². The van der Waals surface area contributed by atoms with Crippen LogP contribution in [0.2, 0.25) is 0 Å². The van der Waals surface area contributed by atoms with Gasteiger partial charge in [-0.15, -0.1) is 0 Å². The smallest absolute Gasteiger partial charge is 0.419 e. The molecular formula is C14H25NO5. The monoisotopic (exact) mass is 287 g/mol. The highest BCUT2D eigenvalue weighted by Crippen LogP contribution is 2.14. The van der Waals surface area contributed by atoms with Crippen molar-refractivity contribution in [2.45, 2.75) is 52.7 Å². The van der Waals surface area contributed by atoms with Crippen LogP contribution in [-0.4, -0.2) is 41.4 Å². The van der Waals surface area contributed by atoms with Crippen LogP contribution in [0.25, 0.3) is 0 Å². The number of rotatable bonds is 4. The first-order valence-electron chi connectivity index (χ1n) is 6.42. The predicted octanol–water partition coefficient (Wildman–Crippen LogP) is 3.32. The van der Waals surface area contributed by atoms with Gasteiger partial charge in [0.2, 0.25) is 0 Å². The minimum Gasteiger partial charge on any atom is -0.500 e. The Morgan fingerprint density at radius 1 is 1.00 bits per heavy atom. The summed E-state index contributed by atoms with van der Waals surface area (Å²) in [4.78, 5) is 24.9. The van der Waals surface area contributed by atoms with Crippen molar-refractivity contribution >= 4 is 12.2 Å². The summed E-state index contributed by atoms with van der Waals surface area (Å²) < 4.78 is 15.3. The zero-order valence-electron chi connectivity index (χ0n) is 13.2. The fraction of sp³-hybridized carbons (Fsp3) is 0.714. The number of hydrogen-bond acceptors (Lipinski definition) is 5. The summed E-state index contributed by atoms with van der Waals surface area (Å²) in [7, 11) is 0. The molecule has 20 heavy (non-hydrogen) atoms. The van der Waals surface area contributed by atoms with Crippen molar-refractivity contribution in [2.24, 2.45) is 0 Å². The van der Waals surface area contributed by atoms with Crippen molar-refractivity contribution in [2.75, 3.05) is 13.2 Å². The van der Waals surface area contributed by atoms with Crippen LogP contribution in [0.5, 0.6) is 0 Å². The Labute approximate surface area is 120 Å². The maximum Gasteiger partial charge on any atom is 0.419 e. The maximum absolute atomic E-state index is 12.0. The van der Waals surface area contributed by atoms with Crippen LogP contribution in [0.1, 0.15) is 41.5 Å². The van der Waals surface area contributed by atoms with E-state index < -0.39 is 23.4 Å². The van der Waals surface area contributed by atoms with E-state index in [4.69, 9.17) is 14.2 Å². The fourth-order valence-electron chi connectivity index (χ4n) is 1.12. The first-order valence-corrected chi connectivity index (χ1v) is 6.42. The van der Waals surface area contributed by atoms with Gasteiger partial charge in [0, 0.05) is 0 Å². The van der Waals surface area contributed by atoms with E-state index in [1.165, 1.54) is 6.26 Å². The summed E-state index contributed by atoms with van der Waals surface area (Å²) in [6.45, 7) is 13.9. The molecule has 0 saturated heterocycles. The lowest BCUT2D eigenvalue weighted by molar-refractivity contribution is -0.00168. The first-order chi connectivity index (χ1) is 8.96. The molecule has 0 aliphatic heterocycles. The lowest BCUT2D eigenvalue weighted by Gasteiger charge is -2.28. The molecule has 0 spiro atoms. The van der Waals surface area contributed by atoms with Crippen molar-refractivity contribution in [3.05, 3.63) is 12.8 Å². The van der Waals surface area contributed by atoms with E-state index in [0.717, 1.165) is 4.90 Å². The molecule has 116 valence electrons. The van der Waals surface area contributed by atoms with Crippen LogP contribution in [0.15, 0.2) is 12.8 Å². The van der Waals surface area contributed by atoms with Gasteiger partial charge in [0.15, 0.2) is 0 Å². The van der Waals surface area contributed by atoms with Gasteiger partial charge in [-0.2, -0.15) is 0 Å². The normalized spacial score (nSPS) is 11.5. The minimum atomic E-state index is -0.764. The number of carbonyl (C=O) groups excluding carboxylic acids is 2. The van der Waals surface area contributed by atoms with Gasteiger partial charge in [-0.1, -0.05) is 6.58 Å². The van der Waals surface area contributed by atoms with Gasteiger partial charge in [-0.25, -0.2) is 14.5 Å². The zero-order valence-corrected chi connectivity index (χ0v) is 13.2. The molecule has 2 amide bonds. The van der Waals surface area contributed by atoms with E-state index in [-0.39, 0.29) is 13.2 Å². The van der Waals surface area contributed by atoms with E-state index in [9.17, 15) is 9.59 Å². The molecule has 0 bridgehead atoms. The maximum atomic E-state index is 12.0. The zero-order chi connectivity index (χ0) is 16.0. The Balaban J connectivity index is 4.83. The van der Waals surface area contributed by atoms with Gasteiger partial charge in [-0.3, -0.25) is 0 Å². The highest BCUT2D eigenvalue weighted by molar-refractivity contribution is 5.88. The highest BCUT2D eigenvalue weighted by atomic mass is 16.6. The molecule has 0 aliphatic carbocycles. The van der Waals surface area contributed by atoms with Gasteiger partial charge in [0.25, 0.3) is 0 Å². The summed E-state index contributed by atoms with van der Waals surface area (Å²) in [6.07, 6.45) is -0.290. The number of ether oxygens (including phenoxy) is 3. The molecule has 0 rings (SSSR count). The molecule has 0 aromatic carbocycles. The summed E-state index contributed by atoms with van der Waals surface area (Å²) in [5.74, 6) is 0. The third kappa shape index (κ3) is 8.39. The Kier molecular flexibility index (Phi) is 6.55. The number of amides is 2. The fourth-order valence-corrected chi connectivity index (χ4v) is 1.12.